The van der Waals surface area contributed by atoms with Crippen molar-refractivity contribution in [3.8, 4) is 0 Å². The second-order valence-corrected chi connectivity index (χ2v) is 3.44. The van der Waals surface area contributed by atoms with E-state index < -0.39 is 0 Å². The van der Waals surface area contributed by atoms with Crippen molar-refractivity contribution < 1.29 is 4.39 Å². The number of rotatable bonds is 1. The van der Waals surface area contributed by atoms with Gasteiger partial charge < -0.3 is 0 Å². The molecule has 0 unspecified atom stereocenters. The molecule has 3 heteroatoms. The molecule has 1 aromatic rings. The van der Waals surface area contributed by atoms with Gasteiger partial charge in [-0.25, -0.2) is 4.39 Å². The zero-order chi connectivity index (χ0) is 8.43. The maximum atomic E-state index is 12.9. The van der Waals surface area contributed by atoms with E-state index in [1.54, 1.807) is 0 Å². The van der Waals surface area contributed by atoms with Crippen molar-refractivity contribution in [1.29, 1.82) is 0 Å². The number of nitrogens with zero attached hydrogens (tertiary/aromatic N) is 1. The van der Waals surface area contributed by atoms with Gasteiger partial charge in [0.2, 0.25) is 0 Å². The molecule has 0 atom stereocenters. The van der Waals surface area contributed by atoms with Gasteiger partial charge in [0, 0.05) is 6.20 Å². The van der Waals surface area contributed by atoms with Gasteiger partial charge in [0.05, 0.1) is 10.2 Å². The van der Waals surface area contributed by atoms with Crippen molar-refractivity contribution >= 4 is 15.9 Å². The van der Waals surface area contributed by atoms with E-state index in [9.17, 15) is 4.39 Å². The molecule has 0 saturated heterocycles. The number of pyridine rings is 1. The average molecular weight is 218 g/mol. The lowest BCUT2D eigenvalue weighted by molar-refractivity contribution is 0.610. The molecule has 1 nitrogen and oxygen atoms in total. The highest BCUT2D eigenvalue weighted by Gasteiger charge is 2.08. The summed E-state index contributed by atoms with van der Waals surface area (Å²) in [7, 11) is 0. The number of aromatic nitrogens is 1. The number of halogens is 2. The zero-order valence-corrected chi connectivity index (χ0v) is 8.02. The minimum absolute atomic E-state index is 0.247. The number of hydrogen-bond acceptors (Lipinski definition) is 1. The van der Waals surface area contributed by atoms with Gasteiger partial charge in [0.15, 0.2) is 0 Å². The zero-order valence-electron chi connectivity index (χ0n) is 6.44. The van der Waals surface area contributed by atoms with Crippen molar-refractivity contribution in [3.63, 3.8) is 0 Å². The van der Waals surface area contributed by atoms with Gasteiger partial charge in [0.1, 0.15) is 5.82 Å². The summed E-state index contributed by atoms with van der Waals surface area (Å²) in [5, 5.41) is 0. The summed E-state index contributed by atoms with van der Waals surface area (Å²) >= 11 is 3.14. The second-order valence-electron chi connectivity index (χ2n) is 2.65. The van der Waals surface area contributed by atoms with Crippen LogP contribution in [0.3, 0.4) is 0 Å². The van der Waals surface area contributed by atoms with Crippen molar-refractivity contribution in [2.45, 2.75) is 19.8 Å². The molecule has 0 radical (unpaired) electrons. The van der Waals surface area contributed by atoms with Crippen LogP contribution in [0.2, 0.25) is 0 Å². The van der Waals surface area contributed by atoms with Crippen molar-refractivity contribution in [1.82, 2.24) is 4.98 Å². The quantitative estimate of drug-likeness (QED) is 0.705. The molecule has 0 aliphatic heterocycles. The summed E-state index contributed by atoms with van der Waals surface area (Å²) in [5.41, 5.74) is 0.769. The predicted molar refractivity (Wildman–Crippen MR) is 46.0 cm³/mol. The van der Waals surface area contributed by atoms with Gasteiger partial charge in [-0.05, 0) is 27.9 Å². The minimum Gasteiger partial charge on any atom is -0.260 e. The van der Waals surface area contributed by atoms with Gasteiger partial charge in [-0.1, -0.05) is 13.8 Å². The van der Waals surface area contributed by atoms with E-state index in [2.05, 4.69) is 20.9 Å². The van der Waals surface area contributed by atoms with Gasteiger partial charge >= 0.3 is 0 Å². The minimum atomic E-state index is -0.247. The van der Waals surface area contributed by atoms with Crippen LogP contribution in [0.4, 0.5) is 4.39 Å². The molecule has 0 bridgehead atoms. The Hall–Kier alpha value is -0.440. The number of hydrogen-bond donors (Lipinski definition) is 0. The summed E-state index contributed by atoms with van der Waals surface area (Å²) in [6.45, 7) is 3.96. The normalized spacial score (nSPS) is 10.6. The van der Waals surface area contributed by atoms with Crippen molar-refractivity contribution in [2.75, 3.05) is 0 Å². The van der Waals surface area contributed by atoms with Crippen LogP contribution < -0.4 is 0 Å². The molecule has 1 aromatic heterocycles. The van der Waals surface area contributed by atoms with Gasteiger partial charge in [-0.15, -0.1) is 0 Å². The summed E-state index contributed by atoms with van der Waals surface area (Å²) in [5.74, 6) is 0.00350. The molecule has 60 valence electrons. The fourth-order valence-corrected chi connectivity index (χ4v) is 1.53. The van der Waals surface area contributed by atoms with E-state index >= 15 is 0 Å². The van der Waals surface area contributed by atoms with Gasteiger partial charge in [-0.3, -0.25) is 4.98 Å². The Kier molecular flexibility index (Phi) is 2.60. The van der Waals surface area contributed by atoms with Crippen LogP contribution in [0.15, 0.2) is 16.7 Å². The van der Waals surface area contributed by atoms with Crippen LogP contribution >= 0.6 is 15.9 Å². The Labute approximate surface area is 73.8 Å². The molecule has 0 aliphatic carbocycles. The molecular formula is C8H9BrFN. The highest BCUT2D eigenvalue weighted by atomic mass is 79.9. The van der Waals surface area contributed by atoms with E-state index in [0.29, 0.717) is 4.47 Å². The van der Waals surface area contributed by atoms with E-state index in [0.717, 1.165) is 5.69 Å². The highest BCUT2D eigenvalue weighted by Crippen LogP contribution is 2.24. The third kappa shape index (κ3) is 1.77. The Bertz CT molecular complexity index is 260. The Morgan fingerprint density at radius 1 is 1.55 bits per heavy atom. The largest absolute Gasteiger partial charge is 0.260 e. The fraction of sp³-hybridized carbons (Fsp3) is 0.375. The Morgan fingerprint density at radius 2 is 2.18 bits per heavy atom. The molecular weight excluding hydrogens is 209 g/mol. The van der Waals surface area contributed by atoms with Crippen LogP contribution in [-0.2, 0) is 0 Å². The van der Waals surface area contributed by atoms with Crippen LogP contribution in [0.25, 0.3) is 0 Å². The summed E-state index contributed by atoms with van der Waals surface area (Å²) in [4.78, 5) is 4.05. The Balaban J connectivity index is 3.17. The first kappa shape index (κ1) is 8.65. The topological polar surface area (TPSA) is 12.9 Å². The fourth-order valence-electron chi connectivity index (χ4n) is 0.838. The summed E-state index contributed by atoms with van der Waals surface area (Å²) < 4.78 is 13.3. The van der Waals surface area contributed by atoms with E-state index in [4.69, 9.17) is 0 Å². The lowest BCUT2D eigenvalue weighted by Crippen LogP contribution is -1.95. The third-order valence-corrected chi connectivity index (χ3v) is 2.20. The third-order valence-electron chi connectivity index (χ3n) is 1.42. The standard InChI is InChI=1S/C8H9BrFN/c1-5(2)8-7(9)6(10)3-4-11-8/h3-5H,1-2H3. The van der Waals surface area contributed by atoms with Crippen LogP contribution in [0, 0.1) is 5.82 Å². The highest BCUT2D eigenvalue weighted by molar-refractivity contribution is 9.10. The molecule has 0 aromatic carbocycles. The molecule has 0 fully saturated rings. The predicted octanol–water partition coefficient (Wildman–Crippen LogP) is 3.11. The first-order valence-electron chi connectivity index (χ1n) is 3.43. The molecule has 11 heavy (non-hydrogen) atoms. The SMILES string of the molecule is CC(C)c1nccc(F)c1Br. The van der Waals surface area contributed by atoms with Crippen LogP contribution in [0.5, 0.6) is 0 Å². The van der Waals surface area contributed by atoms with Crippen molar-refractivity contribution in [3.05, 3.63) is 28.2 Å². The molecule has 1 heterocycles. The maximum absolute atomic E-state index is 12.9. The average Bonchev–Trinajstić information content (AvgIpc) is 1.94. The van der Waals surface area contributed by atoms with Crippen LogP contribution in [0.1, 0.15) is 25.5 Å². The van der Waals surface area contributed by atoms with E-state index in [1.807, 2.05) is 13.8 Å². The Morgan fingerprint density at radius 3 is 2.64 bits per heavy atom. The molecule has 0 saturated carbocycles. The first-order valence-corrected chi connectivity index (χ1v) is 4.22. The summed E-state index contributed by atoms with van der Waals surface area (Å²) in [6, 6.07) is 1.34. The molecule has 1 rings (SSSR count). The molecule has 0 spiro atoms. The van der Waals surface area contributed by atoms with E-state index in [-0.39, 0.29) is 11.7 Å². The smallest absolute Gasteiger partial charge is 0.140 e. The monoisotopic (exact) mass is 217 g/mol. The second kappa shape index (κ2) is 3.30. The van der Waals surface area contributed by atoms with E-state index in [1.165, 1.54) is 12.3 Å². The maximum Gasteiger partial charge on any atom is 0.140 e. The first-order chi connectivity index (χ1) is 5.13. The van der Waals surface area contributed by atoms with Crippen LogP contribution in [-0.4, -0.2) is 4.98 Å². The molecule has 0 aliphatic rings. The lowest BCUT2D eigenvalue weighted by Gasteiger charge is -2.06. The summed E-state index contributed by atoms with van der Waals surface area (Å²) in [6.07, 6.45) is 1.48. The van der Waals surface area contributed by atoms with Gasteiger partial charge in [-0.2, -0.15) is 0 Å². The van der Waals surface area contributed by atoms with Crippen molar-refractivity contribution in [2.24, 2.45) is 0 Å². The molecule has 0 amide bonds. The molecule has 0 N–H and O–H groups in total. The van der Waals surface area contributed by atoms with Gasteiger partial charge in [0.25, 0.3) is 0 Å². The lowest BCUT2D eigenvalue weighted by atomic mass is 10.1.